The van der Waals surface area contributed by atoms with Gasteiger partial charge in [0.2, 0.25) is 5.91 Å². The third-order valence-electron chi connectivity index (χ3n) is 4.21. The number of hydrogen-bond donors (Lipinski definition) is 1. The minimum atomic E-state index is -0.236. The van der Waals surface area contributed by atoms with Crippen molar-refractivity contribution in [3.8, 4) is 11.3 Å². The molecule has 0 atom stereocenters. The molecular weight excluding hydrogens is 367 g/mol. The lowest BCUT2D eigenvalue weighted by molar-refractivity contribution is -0.122. The van der Waals surface area contributed by atoms with E-state index in [2.05, 4.69) is 0 Å². The van der Waals surface area contributed by atoms with Gasteiger partial charge in [0.05, 0.1) is 10.0 Å². The van der Waals surface area contributed by atoms with E-state index in [1.165, 1.54) is 0 Å². The Morgan fingerprint density at radius 1 is 1.17 bits per heavy atom. The van der Waals surface area contributed by atoms with Crippen LogP contribution >= 0.6 is 35.4 Å². The quantitative estimate of drug-likeness (QED) is 0.810. The number of piperidine rings is 1. The van der Waals surface area contributed by atoms with Crippen LogP contribution in [0.4, 0.5) is 0 Å². The van der Waals surface area contributed by atoms with E-state index in [1.807, 2.05) is 23.1 Å². The highest BCUT2D eigenvalue weighted by atomic mass is 35.5. The molecule has 24 heavy (non-hydrogen) atoms. The monoisotopic (exact) mass is 382 g/mol. The number of amides is 1. The first kappa shape index (κ1) is 17.3. The van der Waals surface area contributed by atoms with Crippen LogP contribution in [0.1, 0.15) is 18.6 Å². The van der Waals surface area contributed by atoms with Gasteiger partial charge in [-0.25, -0.2) is 0 Å². The highest BCUT2D eigenvalue weighted by Gasteiger charge is 2.26. The summed E-state index contributed by atoms with van der Waals surface area (Å²) in [7, 11) is 0. The molecule has 0 bridgehead atoms. The maximum absolute atomic E-state index is 11.2. The number of thiocarbonyl (C=S) groups is 1. The summed E-state index contributed by atoms with van der Waals surface area (Å²) in [6.45, 7) is 1.41. The van der Waals surface area contributed by atoms with E-state index in [0.717, 1.165) is 18.4 Å². The Labute approximate surface area is 155 Å². The van der Waals surface area contributed by atoms with Crippen molar-refractivity contribution in [3.05, 3.63) is 46.1 Å². The first-order valence-corrected chi connectivity index (χ1v) is 8.76. The molecule has 1 aliphatic rings. The molecule has 4 nitrogen and oxygen atoms in total. The zero-order valence-corrected chi connectivity index (χ0v) is 15.1. The number of primary amides is 1. The van der Waals surface area contributed by atoms with Gasteiger partial charge in [-0.3, -0.25) is 4.79 Å². The van der Waals surface area contributed by atoms with Gasteiger partial charge in [0.15, 0.2) is 5.76 Å². The fourth-order valence-corrected chi connectivity index (χ4v) is 3.37. The number of carbonyl (C=O) groups is 1. The molecule has 1 aliphatic heterocycles. The molecule has 0 radical (unpaired) electrons. The molecule has 2 N–H and O–H groups in total. The number of halogens is 2. The smallest absolute Gasteiger partial charge is 0.220 e. The molecule has 126 valence electrons. The normalized spacial score (nSPS) is 15.5. The predicted molar refractivity (Wildman–Crippen MR) is 99.4 cm³/mol. The second-order valence-electron chi connectivity index (χ2n) is 5.76. The summed E-state index contributed by atoms with van der Waals surface area (Å²) in [6.07, 6.45) is 1.44. The summed E-state index contributed by atoms with van der Waals surface area (Å²) in [5.41, 5.74) is 6.20. The Kier molecular flexibility index (Phi) is 5.13. The van der Waals surface area contributed by atoms with Crippen molar-refractivity contribution in [2.75, 3.05) is 13.1 Å². The molecule has 1 fully saturated rings. The second-order valence-corrected chi connectivity index (χ2v) is 6.96. The van der Waals surface area contributed by atoms with Crippen molar-refractivity contribution in [1.82, 2.24) is 4.90 Å². The van der Waals surface area contributed by atoms with E-state index in [1.54, 1.807) is 12.1 Å². The molecule has 2 heterocycles. The Morgan fingerprint density at radius 2 is 1.88 bits per heavy atom. The number of furan rings is 1. The zero-order chi connectivity index (χ0) is 17.3. The van der Waals surface area contributed by atoms with Crippen LogP contribution in [-0.2, 0) is 4.79 Å². The summed E-state index contributed by atoms with van der Waals surface area (Å²) in [5, 5.41) is 0.975. The molecule has 3 rings (SSSR count). The van der Waals surface area contributed by atoms with Crippen molar-refractivity contribution in [1.29, 1.82) is 0 Å². The Morgan fingerprint density at radius 3 is 2.50 bits per heavy atom. The molecule has 0 aliphatic carbocycles. The molecule has 0 spiro atoms. The molecular formula is C17H16Cl2N2O2S. The van der Waals surface area contributed by atoms with E-state index < -0.39 is 0 Å². The van der Waals surface area contributed by atoms with E-state index >= 15 is 0 Å². The van der Waals surface area contributed by atoms with Gasteiger partial charge in [-0.1, -0.05) is 35.4 Å². The topological polar surface area (TPSA) is 59.5 Å². The van der Waals surface area contributed by atoms with E-state index in [4.69, 9.17) is 45.6 Å². The number of benzene rings is 1. The molecule has 1 amide bonds. The molecule has 1 aromatic carbocycles. The van der Waals surface area contributed by atoms with Gasteiger partial charge in [-0.15, -0.1) is 0 Å². The first-order valence-electron chi connectivity index (χ1n) is 7.59. The van der Waals surface area contributed by atoms with Crippen molar-refractivity contribution in [3.63, 3.8) is 0 Å². The van der Waals surface area contributed by atoms with E-state index in [-0.39, 0.29) is 11.8 Å². The fourth-order valence-electron chi connectivity index (χ4n) is 2.78. The summed E-state index contributed by atoms with van der Waals surface area (Å²) in [5.74, 6) is 1.01. The van der Waals surface area contributed by atoms with Crippen molar-refractivity contribution >= 4 is 46.3 Å². The van der Waals surface area contributed by atoms with Gasteiger partial charge in [-0.2, -0.15) is 0 Å². The number of carbonyl (C=O) groups excluding carboxylic acids is 1. The van der Waals surface area contributed by atoms with E-state index in [0.29, 0.717) is 39.6 Å². The highest BCUT2D eigenvalue weighted by Crippen LogP contribution is 2.30. The molecule has 0 unspecified atom stereocenters. The van der Waals surface area contributed by atoms with Crippen LogP contribution in [0.5, 0.6) is 0 Å². The van der Waals surface area contributed by atoms with Crippen LogP contribution < -0.4 is 5.73 Å². The van der Waals surface area contributed by atoms with Crippen LogP contribution in [0.3, 0.4) is 0 Å². The summed E-state index contributed by atoms with van der Waals surface area (Å²) < 4.78 is 5.88. The van der Waals surface area contributed by atoms with Crippen LogP contribution in [0, 0.1) is 5.92 Å². The lowest BCUT2D eigenvalue weighted by Gasteiger charge is -2.31. The highest BCUT2D eigenvalue weighted by molar-refractivity contribution is 7.80. The summed E-state index contributed by atoms with van der Waals surface area (Å²) in [4.78, 5) is 13.9. The Balaban J connectivity index is 1.72. The number of nitrogens with two attached hydrogens (primary N) is 1. The summed E-state index contributed by atoms with van der Waals surface area (Å²) >= 11 is 17.5. The largest absolute Gasteiger partial charge is 0.454 e. The number of hydrogen-bond acceptors (Lipinski definition) is 3. The SMILES string of the molecule is NC(=O)C1CCN(C(=S)c2ccc(-c3ccc(Cl)c(Cl)c3)o2)CC1. The van der Waals surface area contributed by atoms with Crippen molar-refractivity contribution in [2.24, 2.45) is 11.7 Å². The standard InChI is InChI=1S/C17H16Cl2N2O2S/c18-12-2-1-11(9-13(12)19)14-3-4-15(23-14)17(24)21-7-5-10(6-8-21)16(20)22/h1-4,9-10H,5-8H2,(H2,20,22). The molecule has 2 aromatic rings. The van der Waals surface area contributed by atoms with Crippen LogP contribution in [-0.4, -0.2) is 28.9 Å². The van der Waals surface area contributed by atoms with Crippen LogP contribution in [0.2, 0.25) is 10.0 Å². The maximum atomic E-state index is 11.2. The minimum absolute atomic E-state index is 0.0626. The third kappa shape index (κ3) is 3.58. The zero-order valence-electron chi connectivity index (χ0n) is 12.8. The van der Waals surface area contributed by atoms with Gasteiger partial charge in [0, 0.05) is 24.6 Å². The van der Waals surface area contributed by atoms with Gasteiger partial charge < -0.3 is 15.1 Å². The van der Waals surface area contributed by atoms with Crippen molar-refractivity contribution in [2.45, 2.75) is 12.8 Å². The lowest BCUT2D eigenvalue weighted by Crippen LogP contribution is -2.41. The molecule has 1 saturated heterocycles. The molecule has 7 heteroatoms. The van der Waals surface area contributed by atoms with Crippen LogP contribution in [0.15, 0.2) is 34.7 Å². The molecule has 0 saturated carbocycles. The number of likely N-dealkylation sites (tertiary alicyclic amines) is 1. The first-order chi connectivity index (χ1) is 11.5. The lowest BCUT2D eigenvalue weighted by atomic mass is 9.96. The van der Waals surface area contributed by atoms with E-state index in [9.17, 15) is 4.79 Å². The number of nitrogens with zero attached hydrogens (tertiary/aromatic N) is 1. The van der Waals surface area contributed by atoms with Gasteiger partial charge in [0.1, 0.15) is 10.7 Å². The minimum Gasteiger partial charge on any atom is -0.454 e. The average molecular weight is 383 g/mol. The van der Waals surface area contributed by atoms with Gasteiger partial charge in [-0.05, 0) is 43.2 Å². The maximum Gasteiger partial charge on any atom is 0.220 e. The Hall–Kier alpha value is -1.56. The second kappa shape index (κ2) is 7.13. The van der Waals surface area contributed by atoms with Crippen LogP contribution in [0.25, 0.3) is 11.3 Å². The predicted octanol–water partition coefficient (Wildman–Crippen LogP) is 4.13. The summed E-state index contributed by atoms with van der Waals surface area (Å²) in [6, 6.07) is 9.04. The van der Waals surface area contributed by atoms with Gasteiger partial charge in [0.25, 0.3) is 0 Å². The Bertz CT molecular complexity index is 783. The van der Waals surface area contributed by atoms with Gasteiger partial charge >= 0.3 is 0 Å². The fraction of sp³-hybridized carbons (Fsp3) is 0.294. The number of rotatable bonds is 3. The average Bonchev–Trinajstić information content (AvgIpc) is 3.07. The third-order valence-corrected chi connectivity index (χ3v) is 5.40. The molecule has 1 aromatic heterocycles. The van der Waals surface area contributed by atoms with Crippen molar-refractivity contribution < 1.29 is 9.21 Å².